The SMILES string of the molecule is COc1ccccc1N1CCN(C(=O)[C@H]2CC[C@H](Cn3c(=O)[nH]c4ccccc4c3=O)CC2)CC1. The van der Waals surface area contributed by atoms with Crippen molar-refractivity contribution in [3.63, 3.8) is 0 Å². The molecule has 2 fully saturated rings. The van der Waals surface area contributed by atoms with Crippen molar-refractivity contribution in [3.05, 3.63) is 69.4 Å². The molecule has 0 atom stereocenters. The van der Waals surface area contributed by atoms with Gasteiger partial charge in [-0.1, -0.05) is 24.3 Å². The molecule has 0 unspecified atom stereocenters. The fourth-order valence-electron chi connectivity index (χ4n) is 5.53. The largest absolute Gasteiger partial charge is 0.495 e. The molecule has 1 aliphatic carbocycles. The predicted molar refractivity (Wildman–Crippen MR) is 136 cm³/mol. The average Bonchev–Trinajstić information content (AvgIpc) is 2.91. The predicted octanol–water partition coefficient (Wildman–Crippen LogP) is 2.85. The lowest BCUT2D eigenvalue weighted by atomic mass is 9.81. The molecule has 8 nitrogen and oxygen atoms in total. The van der Waals surface area contributed by atoms with Gasteiger partial charge in [0.1, 0.15) is 5.75 Å². The van der Waals surface area contributed by atoms with Crippen LogP contribution in [-0.2, 0) is 11.3 Å². The smallest absolute Gasteiger partial charge is 0.328 e. The van der Waals surface area contributed by atoms with Gasteiger partial charge in [0.2, 0.25) is 5.91 Å². The first kappa shape index (κ1) is 23.2. The number of carbonyl (C=O) groups excluding carboxylic acids is 1. The summed E-state index contributed by atoms with van der Waals surface area (Å²) in [5.74, 6) is 1.34. The highest BCUT2D eigenvalue weighted by Gasteiger charge is 2.32. The number of anilines is 1. The quantitative estimate of drug-likeness (QED) is 0.612. The number of aromatic amines is 1. The van der Waals surface area contributed by atoms with Gasteiger partial charge in [-0.2, -0.15) is 0 Å². The molecule has 184 valence electrons. The highest BCUT2D eigenvalue weighted by atomic mass is 16.5. The van der Waals surface area contributed by atoms with Gasteiger partial charge in [-0.25, -0.2) is 4.79 Å². The lowest BCUT2D eigenvalue weighted by Gasteiger charge is -2.39. The molecule has 1 N–H and O–H groups in total. The van der Waals surface area contributed by atoms with Crippen LogP contribution in [0, 0.1) is 11.8 Å². The summed E-state index contributed by atoms with van der Waals surface area (Å²) in [6.07, 6.45) is 3.29. The summed E-state index contributed by atoms with van der Waals surface area (Å²) in [6.45, 7) is 3.39. The van der Waals surface area contributed by atoms with E-state index in [1.165, 1.54) is 4.57 Å². The Balaban J connectivity index is 1.16. The maximum Gasteiger partial charge on any atom is 0.328 e. The minimum Gasteiger partial charge on any atom is -0.495 e. The van der Waals surface area contributed by atoms with Crippen LogP contribution >= 0.6 is 0 Å². The van der Waals surface area contributed by atoms with Crippen LogP contribution in [0.1, 0.15) is 25.7 Å². The number of amides is 1. The van der Waals surface area contributed by atoms with Crippen LogP contribution in [0.2, 0.25) is 0 Å². The lowest BCUT2D eigenvalue weighted by molar-refractivity contribution is -0.137. The minimum absolute atomic E-state index is 0.0238. The number of carbonyl (C=O) groups is 1. The third-order valence-corrected chi connectivity index (χ3v) is 7.54. The number of hydrogen-bond donors (Lipinski definition) is 1. The van der Waals surface area contributed by atoms with Gasteiger partial charge in [0, 0.05) is 38.6 Å². The fraction of sp³-hybridized carbons (Fsp3) is 0.444. The zero-order valence-electron chi connectivity index (χ0n) is 20.1. The minimum atomic E-state index is -0.361. The van der Waals surface area contributed by atoms with E-state index in [1.54, 1.807) is 31.4 Å². The molecular formula is C27H32N4O4. The number of fused-ring (bicyclic) bond motifs is 1. The molecule has 0 spiro atoms. The summed E-state index contributed by atoms with van der Waals surface area (Å²) < 4.78 is 6.82. The zero-order chi connectivity index (χ0) is 24.4. The van der Waals surface area contributed by atoms with Gasteiger partial charge >= 0.3 is 5.69 Å². The van der Waals surface area contributed by atoms with Gasteiger partial charge in [-0.05, 0) is 55.9 Å². The number of rotatable bonds is 5. The van der Waals surface area contributed by atoms with Crippen LogP contribution < -0.4 is 20.9 Å². The molecule has 0 radical (unpaired) electrons. The van der Waals surface area contributed by atoms with E-state index in [9.17, 15) is 14.4 Å². The van der Waals surface area contributed by atoms with Crippen molar-refractivity contribution < 1.29 is 9.53 Å². The Morgan fingerprint density at radius 1 is 0.943 bits per heavy atom. The van der Waals surface area contributed by atoms with Crippen molar-refractivity contribution in [1.82, 2.24) is 14.5 Å². The number of nitrogens with zero attached hydrogens (tertiary/aromatic N) is 3. The van der Waals surface area contributed by atoms with Gasteiger partial charge in [0.15, 0.2) is 0 Å². The van der Waals surface area contributed by atoms with E-state index in [0.29, 0.717) is 30.5 Å². The third-order valence-electron chi connectivity index (χ3n) is 7.54. The van der Waals surface area contributed by atoms with Gasteiger partial charge in [0.05, 0.1) is 23.7 Å². The third kappa shape index (κ3) is 4.70. The number of methoxy groups -OCH3 is 1. The van der Waals surface area contributed by atoms with Gasteiger partial charge in [0.25, 0.3) is 5.56 Å². The number of H-pyrrole nitrogens is 1. The molecule has 1 aliphatic heterocycles. The van der Waals surface area contributed by atoms with Crippen molar-refractivity contribution in [2.75, 3.05) is 38.2 Å². The number of ether oxygens (including phenoxy) is 1. The molecule has 1 saturated carbocycles. The Labute approximate surface area is 204 Å². The molecule has 5 rings (SSSR count). The molecule has 1 saturated heterocycles. The Morgan fingerprint density at radius 3 is 2.37 bits per heavy atom. The van der Waals surface area contributed by atoms with Gasteiger partial charge in [-0.3, -0.25) is 14.2 Å². The Hall–Kier alpha value is -3.55. The van der Waals surface area contributed by atoms with Crippen molar-refractivity contribution in [3.8, 4) is 5.75 Å². The van der Waals surface area contributed by atoms with E-state index in [4.69, 9.17) is 4.74 Å². The summed E-state index contributed by atoms with van der Waals surface area (Å²) >= 11 is 0. The highest BCUT2D eigenvalue weighted by molar-refractivity contribution is 5.79. The van der Waals surface area contributed by atoms with Crippen molar-refractivity contribution in [2.45, 2.75) is 32.2 Å². The molecule has 3 aromatic rings. The van der Waals surface area contributed by atoms with Crippen LogP contribution in [-0.4, -0.2) is 53.6 Å². The summed E-state index contributed by atoms with van der Waals surface area (Å²) in [5, 5.41) is 0.531. The number of hydrogen-bond acceptors (Lipinski definition) is 5. The van der Waals surface area contributed by atoms with Crippen LogP contribution in [0.3, 0.4) is 0 Å². The summed E-state index contributed by atoms with van der Waals surface area (Å²) in [7, 11) is 1.68. The molecule has 35 heavy (non-hydrogen) atoms. The molecule has 8 heteroatoms. The number of para-hydroxylation sites is 3. The zero-order valence-corrected chi connectivity index (χ0v) is 20.1. The first-order valence-corrected chi connectivity index (χ1v) is 12.4. The second kappa shape index (κ2) is 9.98. The number of aromatic nitrogens is 2. The maximum absolute atomic E-state index is 13.2. The molecule has 1 amide bonds. The first-order valence-electron chi connectivity index (χ1n) is 12.4. The topological polar surface area (TPSA) is 87.6 Å². The fourth-order valence-corrected chi connectivity index (χ4v) is 5.53. The maximum atomic E-state index is 13.2. The summed E-state index contributed by atoms with van der Waals surface area (Å²) in [4.78, 5) is 45.7. The van der Waals surface area contributed by atoms with Gasteiger partial charge in [-0.15, -0.1) is 0 Å². The molecule has 1 aromatic heterocycles. The van der Waals surface area contributed by atoms with E-state index in [0.717, 1.165) is 50.2 Å². The monoisotopic (exact) mass is 476 g/mol. The Bertz CT molecular complexity index is 1310. The standard InChI is InChI=1S/C27H32N4O4/c1-35-24-9-5-4-8-23(24)29-14-16-30(17-15-29)25(32)20-12-10-19(11-13-20)18-31-26(33)21-6-2-3-7-22(21)28-27(31)34/h2-9,19-20H,10-18H2,1H3,(H,28,34)/t19-,20-. The van der Waals surface area contributed by atoms with E-state index in [-0.39, 0.29) is 29.0 Å². The van der Waals surface area contributed by atoms with Crippen molar-refractivity contribution in [2.24, 2.45) is 11.8 Å². The second-order valence-electron chi connectivity index (χ2n) is 9.59. The molecule has 2 aliphatic rings. The summed E-state index contributed by atoms with van der Waals surface area (Å²) in [5.41, 5.74) is 1.04. The van der Waals surface area contributed by atoms with E-state index in [2.05, 4.69) is 16.0 Å². The molecule has 2 aromatic carbocycles. The van der Waals surface area contributed by atoms with Crippen LogP contribution in [0.15, 0.2) is 58.1 Å². The van der Waals surface area contributed by atoms with Crippen LogP contribution in [0.25, 0.3) is 10.9 Å². The normalized spacial score (nSPS) is 20.7. The van der Waals surface area contributed by atoms with Crippen molar-refractivity contribution in [1.29, 1.82) is 0 Å². The van der Waals surface area contributed by atoms with E-state index in [1.807, 2.05) is 23.1 Å². The Morgan fingerprint density at radius 2 is 1.63 bits per heavy atom. The van der Waals surface area contributed by atoms with E-state index < -0.39 is 0 Å². The Kier molecular flexibility index (Phi) is 6.61. The van der Waals surface area contributed by atoms with Crippen molar-refractivity contribution >= 4 is 22.5 Å². The first-order chi connectivity index (χ1) is 17.0. The number of nitrogens with one attached hydrogen (secondary N) is 1. The number of piperazine rings is 1. The van der Waals surface area contributed by atoms with E-state index >= 15 is 0 Å². The average molecular weight is 477 g/mol. The second-order valence-corrected chi connectivity index (χ2v) is 9.59. The molecular weight excluding hydrogens is 444 g/mol. The summed E-state index contributed by atoms with van der Waals surface area (Å²) in [6, 6.07) is 15.1. The number of benzene rings is 2. The van der Waals surface area contributed by atoms with Gasteiger partial charge < -0.3 is 19.5 Å². The van der Waals surface area contributed by atoms with Crippen LogP contribution in [0.4, 0.5) is 5.69 Å². The molecule has 0 bridgehead atoms. The highest BCUT2D eigenvalue weighted by Crippen LogP contribution is 2.32. The van der Waals surface area contributed by atoms with Crippen LogP contribution in [0.5, 0.6) is 5.75 Å². The lowest BCUT2D eigenvalue weighted by Crippen LogP contribution is -2.51. The molecule has 2 heterocycles.